The maximum atomic E-state index is 12.0. The van der Waals surface area contributed by atoms with Crippen LogP contribution in [-0.2, 0) is 20.7 Å². The normalized spacial score (nSPS) is 11.3. The number of hydrogen-bond acceptors (Lipinski definition) is 5. The standard InChI is InChI=1S/C17H16N2O3S/c1-12(22-16(20)8-7-15-6-3-9-23-15)17(21)19-14-5-2-4-13(10-14)11-18/h2-6,9-10,12H,7-8H2,1H3,(H,19,21)/t12-/m0/s1. The molecule has 1 aromatic heterocycles. The summed E-state index contributed by atoms with van der Waals surface area (Å²) in [7, 11) is 0. The van der Waals surface area contributed by atoms with Crippen LogP contribution in [0.4, 0.5) is 5.69 Å². The van der Waals surface area contributed by atoms with Crippen LogP contribution in [0.2, 0.25) is 0 Å². The number of nitriles is 1. The highest BCUT2D eigenvalue weighted by Gasteiger charge is 2.18. The summed E-state index contributed by atoms with van der Waals surface area (Å²) in [4.78, 5) is 24.9. The lowest BCUT2D eigenvalue weighted by molar-refractivity contribution is -0.153. The van der Waals surface area contributed by atoms with E-state index >= 15 is 0 Å². The summed E-state index contributed by atoms with van der Waals surface area (Å²) in [6.07, 6.45) is -0.0477. The van der Waals surface area contributed by atoms with Gasteiger partial charge in [0.1, 0.15) is 0 Å². The van der Waals surface area contributed by atoms with E-state index in [1.54, 1.807) is 35.6 Å². The largest absolute Gasteiger partial charge is 0.453 e. The minimum absolute atomic E-state index is 0.238. The van der Waals surface area contributed by atoms with Crippen LogP contribution < -0.4 is 5.32 Å². The number of hydrogen-bond donors (Lipinski definition) is 1. The van der Waals surface area contributed by atoms with Crippen molar-refractivity contribution in [3.05, 3.63) is 52.2 Å². The molecule has 0 radical (unpaired) electrons. The topological polar surface area (TPSA) is 79.2 Å². The second kappa shape index (κ2) is 8.11. The number of thiophene rings is 1. The highest BCUT2D eigenvalue weighted by Crippen LogP contribution is 2.13. The molecule has 23 heavy (non-hydrogen) atoms. The van der Waals surface area contributed by atoms with Gasteiger partial charge in [0.2, 0.25) is 0 Å². The Hall–Kier alpha value is -2.65. The Labute approximate surface area is 138 Å². The number of rotatable bonds is 6. The first-order valence-corrected chi connectivity index (χ1v) is 7.99. The maximum Gasteiger partial charge on any atom is 0.306 e. The zero-order valence-corrected chi connectivity index (χ0v) is 13.4. The van der Waals surface area contributed by atoms with Crippen LogP contribution in [-0.4, -0.2) is 18.0 Å². The molecule has 2 rings (SSSR count). The van der Waals surface area contributed by atoms with E-state index in [0.29, 0.717) is 17.7 Å². The molecule has 118 valence electrons. The number of aryl methyl sites for hydroxylation is 1. The minimum atomic E-state index is -0.892. The van der Waals surface area contributed by atoms with Gasteiger partial charge in [-0.15, -0.1) is 11.3 Å². The molecular weight excluding hydrogens is 312 g/mol. The molecule has 1 N–H and O–H groups in total. The first kappa shape index (κ1) is 16.7. The first-order valence-electron chi connectivity index (χ1n) is 7.11. The smallest absolute Gasteiger partial charge is 0.306 e. The molecule has 0 aliphatic heterocycles. The molecule has 0 fully saturated rings. The molecule has 0 bridgehead atoms. The van der Waals surface area contributed by atoms with E-state index in [1.807, 2.05) is 23.6 Å². The van der Waals surface area contributed by atoms with Gasteiger partial charge in [0.05, 0.1) is 18.1 Å². The van der Waals surface area contributed by atoms with Gasteiger partial charge in [0.15, 0.2) is 6.10 Å². The molecule has 0 saturated carbocycles. The molecule has 0 spiro atoms. The molecule has 6 heteroatoms. The molecule has 0 aliphatic rings. The van der Waals surface area contributed by atoms with Gasteiger partial charge < -0.3 is 10.1 Å². The first-order chi connectivity index (χ1) is 11.1. The second-order valence-electron chi connectivity index (χ2n) is 4.89. The van der Waals surface area contributed by atoms with Crippen molar-refractivity contribution < 1.29 is 14.3 Å². The van der Waals surface area contributed by atoms with Crippen molar-refractivity contribution in [1.29, 1.82) is 5.26 Å². The third-order valence-electron chi connectivity index (χ3n) is 3.09. The summed E-state index contributed by atoms with van der Waals surface area (Å²) >= 11 is 1.58. The van der Waals surface area contributed by atoms with Crippen LogP contribution in [0.3, 0.4) is 0 Å². The molecule has 5 nitrogen and oxygen atoms in total. The van der Waals surface area contributed by atoms with E-state index in [4.69, 9.17) is 10.00 Å². The molecule has 1 heterocycles. The monoisotopic (exact) mass is 328 g/mol. The zero-order chi connectivity index (χ0) is 16.7. The number of esters is 1. The minimum Gasteiger partial charge on any atom is -0.453 e. The Morgan fingerprint density at radius 3 is 2.87 bits per heavy atom. The summed E-state index contributed by atoms with van der Waals surface area (Å²) in [5.74, 6) is -0.837. The van der Waals surface area contributed by atoms with Gasteiger partial charge in [-0.3, -0.25) is 9.59 Å². The van der Waals surface area contributed by atoms with Crippen molar-refractivity contribution in [2.24, 2.45) is 0 Å². The molecule has 1 aromatic carbocycles. The number of nitrogens with one attached hydrogen (secondary N) is 1. The van der Waals surface area contributed by atoms with Crippen molar-refractivity contribution in [2.75, 3.05) is 5.32 Å². The van der Waals surface area contributed by atoms with E-state index in [1.165, 1.54) is 6.92 Å². The van der Waals surface area contributed by atoms with Crippen molar-refractivity contribution in [3.8, 4) is 6.07 Å². The summed E-state index contributed by atoms with van der Waals surface area (Å²) < 4.78 is 5.13. The number of benzene rings is 1. The van der Waals surface area contributed by atoms with Gasteiger partial charge in [0, 0.05) is 10.6 Å². The van der Waals surface area contributed by atoms with Crippen molar-refractivity contribution >= 4 is 28.9 Å². The average Bonchev–Trinajstić information content (AvgIpc) is 3.06. The summed E-state index contributed by atoms with van der Waals surface area (Å²) in [6.45, 7) is 1.52. The van der Waals surface area contributed by atoms with Crippen LogP contribution in [0.1, 0.15) is 23.8 Å². The van der Waals surface area contributed by atoms with E-state index in [0.717, 1.165) is 4.88 Å². The van der Waals surface area contributed by atoms with E-state index in [2.05, 4.69) is 5.32 Å². The average molecular weight is 328 g/mol. The van der Waals surface area contributed by atoms with Crippen molar-refractivity contribution in [1.82, 2.24) is 0 Å². The number of amides is 1. The lowest BCUT2D eigenvalue weighted by Crippen LogP contribution is -2.30. The van der Waals surface area contributed by atoms with E-state index < -0.39 is 18.0 Å². The Morgan fingerprint density at radius 1 is 1.35 bits per heavy atom. The van der Waals surface area contributed by atoms with Gasteiger partial charge in [-0.25, -0.2) is 0 Å². The molecule has 0 unspecified atom stereocenters. The fourth-order valence-electron chi connectivity index (χ4n) is 1.90. The van der Waals surface area contributed by atoms with Crippen LogP contribution in [0, 0.1) is 11.3 Å². The number of ether oxygens (including phenoxy) is 1. The van der Waals surface area contributed by atoms with Crippen LogP contribution in [0.5, 0.6) is 0 Å². The van der Waals surface area contributed by atoms with Gasteiger partial charge >= 0.3 is 5.97 Å². The molecule has 1 amide bonds. The summed E-state index contributed by atoms with van der Waals surface area (Å²) in [5.41, 5.74) is 0.943. The molecule has 1 atom stereocenters. The summed E-state index contributed by atoms with van der Waals surface area (Å²) in [6, 6.07) is 12.4. The molecule has 0 aliphatic carbocycles. The van der Waals surface area contributed by atoms with Gasteiger partial charge in [0.25, 0.3) is 5.91 Å². The van der Waals surface area contributed by atoms with Crippen LogP contribution in [0.25, 0.3) is 0 Å². The number of nitrogens with zero attached hydrogens (tertiary/aromatic N) is 1. The maximum absolute atomic E-state index is 12.0. The lowest BCUT2D eigenvalue weighted by atomic mass is 10.2. The highest BCUT2D eigenvalue weighted by molar-refractivity contribution is 7.09. The molecule has 0 saturated heterocycles. The zero-order valence-electron chi connectivity index (χ0n) is 12.6. The molecular formula is C17H16N2O3S. The van der Waals surface area contributed by atoms with E-state index in [9.17, 15) is 9.59 Å². The van der Waals surface area contributed by atoms with Crippen LogP contribution >= 0.6 is 11.3 Å². The second-order valence-corrected chi connectivity index (χ2v) is 5.93. The third-order valence-corrected chi connectivity index (χ3v) is 4.03. The highest BCUT2D eigenvalue weighted by atomic mass is 32.1. The predicted molar refractivity (Wildman–Crippen MR) is 88.0 cm³/mol. The van der Waals surface area contributed by atoms with Crippen molar-refractivity contribution in [3.63, 3.8) is 0 Å². The Morgan fingerprint density at radius 2 is 2.17 bits per heavy atom. The quantitative estimate of drug-likeness (QED) is 0.826. The fraction of sp³-hybridized carbons (Fsp3) is 0.235. The Balaban J connectivity index is 1.82. The van der Waals surface area contributed by atoms with Gasteiger partial charge in [-0.2, -0.15) is 5.26 Å². The van der Waals surface area contributed by atoms with Gasteiger partial charge in [-0.1, -0.05) is 12.1 Å². The predicted octanol–water partition coefficient (Wildman–Crippen LogP) is 3.12. The number of anilines is 1. The lowest BCUT2D eigenvalue weighted by Gasteiger charge is -2.13. The van der Waals surface area contributed by atoms with Gasteiger partial charge in [-0.05, 0) is 43.0 Å². The summed E-state index contributed by atoms with van der Waals surface area (Å²) in [5, 5.41) is 13.4. The Kier molecular flexibility index (Phi) is 5.89. The Bertz CT molecular complexity index is 720. The van der Waals surface area contributed by atoms with Crippen molar-refractivity contribution in [2.45, 2.75) is 25.9 Å². The van der Waals surface area contributed by atoms with E-state index in [-0.39, 0.29) is 6.42 Å². The SMILES string of the molecule is C[C@H](OC(=O)CCc1cccs1)C(=O)Nc1cccc(C#N)c1. The number of carbonyl (C=O) groups excluding carboxylic acids is 2. The number of carbonyl (C=O) groups is 2. The van der Waals surface area contributed by atoms with Crippen LogP contribution in [0.15, 0.2) is 41.8 Å². The fourth-order valence-corrected chi connectivity index (χ4v) is 2.61. The third kappa shape index (κ3) is 5.24. The molecule has 2 aromatic rings.